The van der Waals surface area contributed by atoms with Gasteiger partial charge in [-0.2, -0.15) is 0 Å². The molecule has 202 valence electrons. The third-order valence-electron chi connectivity index (χ3n) is 8.62. The number of aromatic nitrogens is 1. The number of hydrogen-bond donors (Lipinski definition) is 2. The van der Waals surface area contributed by atoms with Gasteiger partial charge in [-0.05, 0) is 32.3 Å². The molecule has 0 amide bonds. The van der Waals surface area contributed by atoms with Crippen LogP contribution in [-0.4, -0.2) is 58.5 Å². The van der Waals surface area contributed by atoms with Gasteiger partial charge in [0.1, 0.15) is 19.2 Å². The Morgan fingerprint density at radius 1 is 1.14 bits per heavy atom. The van der Waals surface area contributed by atoms with Gasteiger partial charge in [0.05, 0.1) is 25.9 Å². The van der Waals surface area contributed by atoms with Crippen LogP contribution in [0.4, 0.5) is 0 Å². The Morgan fingerprint density at radius 3 is 2.46 bits per heavy atom. The quantitative estimate of drug-likeness (QED) is 0.284. The number of benzene rings is 1. The van der Waals surface area contributed by atoms with Crippen LogP contribution in [0, 0.1) is 11.8 Å². The molecule has 2 atom stereocenters. The smallest absolute Gasteiger partial charge is 0.290 e. The van der Waals surface area contributed by atoms with Crippen molar-refractivity contribution < 1.29 is 28.6 Å². The van der Waals surface area contributed by atoms with Crippen molar-refractivity contribution in [1.29, 1.82) is 0 Å². The minimum Gasteiger partial charge on any atom is -0.483 e. The number of oxazole rings is 1. The molecular weight excluding hydrogens is 468 g/mol. The van der Waals surface area contributed by atoms with E-state index in [1.54, 1.807) is 0 Å². The maximum atomic E-state index is 12.1. The van der Waals surface area contributed by atoms with Crippen molar-refractivity contribution in [2.75, 3.05) is 26.2 Å². The standard InChI is InChI=1S/C29H41N2O3.CH2O2/c1-22(2)15-18-33-27-21-31(16-13-23(27)14-17-31)20-26-19-30-28(34-26)29(32,24-9-5-3-6-10-24)25-11-7-4-8-12-25;2-1-3/h3,5-6,9-10,15,19,23,25,27,32H,4,7-8,11-14,16-18,20-21H2,1-2H3;1H,(H,2,3)/q+1;/t23?,27-,29-,31?;/m0./s1. The van der Waals surface area contributed by atoms with Crippen LogP contribution in [0.3, 0.4) is 0 Å². The molecule has 1 aromatic carbocycles. The summed E-state index contributed by atoms with van der Waals surface area (Å²) in [6, 6.07) is 10.0. The van der Waals surface area contributed by atoms with Crippen LogP contribution in [0.2, 0.25) is 0 Å². The van der Waals surface area contributed by atoms with E-state index in [1.165, 1.54) is 37.9 Å². The Hall–Kier alpha value is -2.48. The van der Waals surface area contributed by atoms with E-state index in [1.807, 2.05) is 36.5 Å². The minimum atomic E-state index is -1.16. The van der Waals surface area contributed by atoms with Crippen molar-refractivity contribution in [3.05, 3.63) is 65.4 Å². The molecule has 6 rings (SSSR count). The van der Waals surface area contributed by atoms with E-state index < -0.39 is 5.60 Å². The van der Waals surface area contributed by atoms with Gasteiger partial charge in [0.25, 0.3) is 6.47 Å². The molecule has 37 heavy (non-hydrogen) atoms. The van der Waals surface area contributed by atoms with Crippen LogP contribution < -0.4 is 0 Å². The lowest BCUT2D eigenvalue weighted by molar-refractivity contribution is -0.959. The fourth-order valence-electron chi connectivity index (χ4n) is 6.60. The van der Waals surface area contributed by atoms with Crippen LogP contribution in [0.15, 0.2) is 52.6 Å². The third-order valence-corrected chi connectivity index (χ3v) is 8.62. The lowest BCUT2D eigenvalue weighted by atomic mass is 9.73. The maximum Gasteiger partial charge on any atom is 0.290 e. The third kappa shape index (κ3) is 6.33. The molecule has 0 unspecified atom stereocenters. The highest BCUT2D eigenvalue weighted by molar-refractivity contribution is 5.32. The highest BCUT2D eigenvalue weighted by Gasteiger charge is 2.48. The predicted octanol–water partition coefficient (Wildman–Crippen LogP) is 5.28. The lowest BCUT2D eigenvalue weighted by Crippen LogP contribution is -2.63. The molecule has 1 aliphatic carbocycles. The number of aliphatic hydroxyl groups is 1. The van der Waals surface area contributed by atoms with Gasteiger partial charge < -0.3 is 23.9 Å². The maximum absolute atomic E-state index is 12.1. The number of hydrogen-bond acceptors (Lipinski definition) is 5. The molecule has 2 bridgehead atoms. The summed E-state index contributed by atoms with van der Waals surface area (Å²) in [6.07, 6.45) is 12.4. The summed E-state index contributed by atoms with van der Waals surface area (Å²) in [4.78, 5) is 13.1. The first-order valence-electron chi connectivity index (χ1n) is 13.8. The second-order valence-corrected chi connectivity index (χ2v) is 11.3. The first-order chi connectivity index (χ1) is 17.9. The van der Waals surface area contributed by atoms with E-state index in [0.717, 1.165) is 54.6 Å². The Morgan fingerprint density at radius 2 is 1.81 bits per heavy atom. The van der Waals surface area contributed by atoms with Gasteiger partial charge in [0.2, 0.25) is 5.89 Å². The molecule has 4 fully saturated rings. The summed E-state index contributed by atoms with van der Waals surface area (Å²) >= 11 is 0. The number of carboxylic acid groups (broad SMARTS) is 1. The summed E-state index contributed by atoms with van der Waals surface area (Å²) in [7, 11) is 0. The average Bonchev–Trinajstić information content (AvgIpc) is 3.38. The number of fused-ring (bicyclic) bond motifs is 3. The van der Waals surface area contributed by atoms with Gasteiger partial charge in [0, 0.05) is 24.7 Å². The zero-order valence-corrected chi connectivity index (χ0v) is 22.3. The zero-order chi connectivity index (χ0) is 26.3. The second-order valence-electron chi connectivity index (χ2n) is 11.3. The summed E-state index contributed by atoms with van der Waals surface area (Å²) < 4.78 is 13.7. The van der Waals surface area contributed by atoms with E-state index in [2.05, 4.69) is 19.9 Å². The molecule has 2 N–H and O–H groups in total. The molecule has 7 nitrogen and oxygen atoms in total. The fraction of sp³-hybridized carbons (Fsp3) is 0.600. The van der Waals surface area contributed by atoms with Crippen molar-refractivity contribution in [1.82, 2.24) is 4.98 Å². The second kappa shape index (κ2) is 12.4. The highest BCUT2D eigenvalue weighted by atomic mass is 16.5. The Bertz CT molecular complexity index is 1020. The molecule has 3 saturated heterocycles. The minimum absolute atomic E-state index is 0.140. The van der Waals surface area contributed by atoms with Gasteiger partial charge in [-0.3, -0.25) is 4.79 Å². The summed E-state index contributed by atoms with van der Waals surface area (Å²) in [6.45, 7) is 8.93. The molecule has 4 aliphatic rings. The lowest BCUT2D eigenvalue weighted by Gasteiger charge is -2.51. The molecule has 3 aliphatic heterocycles. The Balaban J connectivity index is 0.00000102. The van der Waals surface area contributed by atoms with Crippen LogP contribution >= 0.6 is 0 Å². The summed E-state index contributed by atoms with van der Waals surface area (Å²) in [5, 5.41) is 19.0. The van der Waals surface area contributed by atoms with Crippen LogP contribution in [0.1, 0.15) is 76.0 Å². The number of piperidine rings is 3. The van der Waals surface area contributed by atoms with Crippen molar-refractivity contribution in [2.45, 2.75) is 77.0 Å². The SMILES string of the molecule is CC(C)=CCO[C@H]1C[N+]2(Cc3cnc([C@](O)(c4ccccc4)C4CCCCC4)o3)CCC1CC2.O=CO. The number of ether oxygens (including phenoxy) is 1. The van der Waals surface area contributed by atoms with Crippen LogP contribution in [0.25, 0.3) is 0 Å². The first kappa shape index (κ1) is 27.6. The molecular formula is C30H43N2O5+. The molecule has 1 aromatic heterocycles. The normalized spacial score (nSPS) is 27.0. The highest BCUT2D eigenvalue weighted by Crippen LogP contribution is 2.44. The first-order valence-corrected chi connectivity index (χ1v) is 13.8. The molecule has 1 saturated carbocycles. The fourth-order valence-corrected chi connectivity index (χ4v) is 6.60. The van der Waals surface area contributed by atoms with E-state index in [9.17, 15) is 5.11 Å². The number of nitrogens with zero attached hydrogens (tertiary/aromatic N) is 2. The number of carbonyl (C=O) groups is 1. The van der Waals surface area contributed by atoms with Gasteiger partial charge in [0.15, 0.2) is 11.4 Å². The number of quaternary nitrogens is 1. The molecule has 0 radical (unpaired) electrons. The molecule has 0 spiro atoms. The Labute approximate surface area is 220 Å². The van der Waals surface area contributed by atoms with E-state index in [-0.39, 0.29) is 12.4 Å². The van der Waals surface area contributed by atoms with Crippen molar-refractivity contribution in [3.63, 3.8) is 0 Å². The number of rotatable bonds is 8. The van der Waals surface area contributed by atoms with Gasteiger partial charge in [-0.15, -0.1) is 0 Å². The van der Waals surface area contributed by atoms with E-state index >= 15 is 0 Å². The van der Waals surface area contributed by atoms with Crippen LogP contribution in [0.5, 0.6) is 0 Å². The zero-order valence-electron chi connectivity index (χ0n) is 22.3. The molecule has 7 heteroatoms. The molecule has 4 heterocycles. The van der Waals surface area contributed by atoms with Crippen LogP contribution in [-0.2, 0) is 21.7 Å². The van der Waals surface area contributed by atoms with Crippen molar-refractivity contribution >= 4 is 6.47 Å². The van der Waals surface area contributed by atoms with Crippen molar-refractivity contribution in [2.24, 2.45) is 11.8 Å². The predicted molar refractivity (Wildman–Crippen MR) is 142 cm³/mol. The number of allylic oxidation sites excluding steroid dienone is 1. The van der Waals surface area contributed by atoms with Gasteiger partial charge in [-0.25, -0.2) is 4.98 Å². The monoisotopic (exact) mass is 511 g/mol. The van der Waals surface area contributed by atoms with Crippen molar-refractivity contribution in [3.8, 4) is 0 Å². The summed E-state index contributed by atoms with van der Waals surface area (Å²) in [5.41, 5.74) is 1.04. The molecule has 2 aromatic rings. The largest absolute Gasteiger partial charge is 0.483 e. The van der Waals surface area contributed by atoms with E-state index in [4.69, 9.17) is 24.0 Å². The summed E-state index contributed by atoms with van der Waals surface area (Å²) in [5.74, 6) is 2.19. The Kier molecular flexibility index (Phi) is 9.22. The van der Waals surface area contributed by atoms with Gasteiger partial charge in [-0.1, -0.05) is 61.2 Å². The van der Waals surface area contributed by atoms with Gasteiger partial charge >= 0.3 is 0 Å². The average molecular weight is 512 g/mol. The topological polar surface area (TPSA) is 92.8 Å². The van der Waals surface area contributed by atoms with E-state index in [0.29, 0.717) is 24.5 Å².